The lowest BCUT2D eigenvalue weighted by Gasteiger charge is -2.21. The van der Waals surface area contributed by atoms with Crippen LogP contribution >= 0.6 is 0 Å². The van der Waals surface area contributed by atoms with E-state index in [0.717, 1.165) is 32.3 Å². The van der Waals surface area contributed by atoms with Gasteiger partial charge in [-0.2, -0.15) is 0 Å². The molecule has 0 spiro atoms. The largest absolute Gasteiger partial charge is 0.464 e. The van der Waals surface area contributed by atoms with Crippen molar-refractivity contribution < 1.29 is 33.3 Å². The van der Waals surface area contributed by atoms with E-state index in [2.05, 4.69) is 0 Å². The number of ether oxygens (including phenoxy) is 4. The van der Waals surface area contributed by atoms with Crippen LogP contribution in [-0.2, 0) is 33.3 Å². The molecule has 0 N–H and O–H groups in total. The predicted molar refractivity (Wildman–Crippen MR) is 103 cm³/mol. The van der Waals surface area contributed by atoms with Gasteiger partial charge in [-0.05, 0) is 25.7 Å². The van der Waals surface area contributed by atoms with Crippen LogP contribution in [0.4, 0.5) is 0 Å². The molecule has 1 atom stereocenters. The van der Waals surface area contributed by atoms with Crippen molar-refractivity contribution in [2.45, 2.75) is 64.9 Å². The standard InChI is InChI=1S/C20H35NO7/c1-3-6-18(22)26-14-11-21(12-15-27-19(23)7-4-2)10-9-20(24)28-16-17-8-5-13-25-17/h17H,3-16H2,1-2H3. The van der Waals surface area contributed by atoms with Gasteiger partial charge in [0.2, 0.25) is 0 Å². The van der Waals surface area contributed by atoms with Crippen LogP contribution in [0, 0.1) is 0 Å². The fraction of sp³-hybridized carbons (Fsp3) is 0.850. The third kappa shape index (κ3) is 11.9. The predicted octanol–water partition coefficient (Wildman–Crippen LogP) is 2.09. The molecule has 0 radical (unpaired) electrons. The minimum absolute atomic E-state index is 0.0102. The Morgan fingerprint density at radius 1 is 0.857 bits per heavy atom. The van der Waals surface area contributed by atoms with Crippen molar-refractivity contribution in [3.05, 3.63) is 0 Å². The zero-order valence-electron chi connectivity index (χ0n) is 17.3. The number of carbonyl (C=O) groups excluding carboxylic acids is 3. The summed E-state index contributed by atoms with van der Waals surface area (Å²) < 4.78 is 21.1. The number of rotatable bonds is 15. The number of carbonyl (C=O) groups is 3. The Balaban J connectivity index is 2.31. The van der Waals surface area contributed by atoms with Crippen LogP contribution in [0.5, 0.6) is 0 Å². The van der Waals surface area contributed by atoms with Crippen molar-refractivity contribution in [1.82, 2.24) is 4.90 Å². The number of hydrogen-bond donors (Lipinski definition) is 0. The maximum atomic E-state index is 12.0. The molecule has 8 nitrogen and oxygen atoms in total. The van der Waals surface area contributed by atoms with Crippen LogP contribution in [-0.4, -0.2) is 75.0 Å². The van der Waals surface area contributed by atoms with Crippen LogP contribution in [0.25, 0.3) is 0 Å². The first-order chi connectivity index (χ1) is 13.5. The zero-order chi connectivity index (χ0) is 20.6. The van der Waals surface area contributed by atoms with E-state index in [-0.39, 0.29) is 43.6 Å². The van der Waals surface area contributed by atoms with E-state index in [1.165, 1.54) is 0 Å². The lowest BCUT2D eigenvalue weighted by atomic mass is 10.2. The molecule has 1 heterocycles. The fourth-order valence-electron chi connectivity index (χ4n) is 2.75. The molecule has 162 valence electrons. The van der Waals surface area contributed by atoms with Gasteiger partial charge in [0.1, 0.15) is 19.8 Å². The highest BCUT2D eigenvalue weighted by Gasteiger charge is 2.18. The van der Waals surface area contributed by atoms with Crippen LogP contribution in [0.3, 0.4) is 0 Å². The average Bonchev–Trinajstić information content (AvgIpc) is 3.18. The van der Waals surface area contributed by atoms with Crippen LogP contribution < -0.4 is 0 Å². The Bertz CT molecular complexity index is 439. The molecule has 1 aliphatic heterocycles. The van der Waals surface area contributed by atoms with E-state index in [1.54, 1.807) is 0 Å². The van der Waals surface area contributed by atoms with Gasteiger partial charge in [-0.1, -0.05) is 13.8 Å². The second kappa shape index (κ2) is 15.3. The molecular formula is C20H35NO7. The van der Waals surface area contributed by atoms with E-state index in [0.29, 0.717) is 39.1 Å². The molecule has 1 aliphatic rings. The van der Waals surface area contributed by atoms with Gasteiger partial charge in [0.25, 0.3) is 0 Å². The van der Waals surface area contributed by atoms with Crippen LogP contribution in [0.2, 0.25) is 0 Å². The lowest BCUT2D eigenvalue weighted by Crippen LogP contribution is -2.34. The third-order valence-electron chi connectivity index (χ3n) is 4.34. The highest BCUT2D eigenvalue weighted by atomic mass is 16.6. The minimum atomic E-state index is -0.286. The zero-order valence-corrected chi connectivity index (χ0v) is 17.3. The molecule has 0 aliphatic carbocycles. The van der Waals surface area contributed by atoms with E-state index < -0.39 is 0 Å². The molecule has 0 saturated carbocycles. The first-order valence-electron chi connectivity index (χ1n) is 10.4. The van der Waals surface area contributed by atoms with Gasteiger partial charge in [0.15, 0.2) is 0 Å². The summed E-state index contributed by atoms with van der Waals surface area (Å²) in [6.45, 7) is 6.73. The molecule has 0 amide bonds. The molecule has 1 fully saturated rings. The third-order valence-corrected chi connectivity index (χ3v) is 4.34. The minimum Gasteiger partial charge on any atom is -0.464 e. The maximum absolute atomic E-state index is 12.0. The molecule has 0 bridgehead atoms. The summed E-state index contributed by atoms with van der Waals surface area (Å²) in [7, 11) is 0. The normalized spacial score (nSPS) is 16.2. The van der Waals surface area contributed by atoms with Crippen molar-refractivity contribution in [2.24, 2.45) is 0 Å². The Morgan fingerprint density at radius 3 is 1.93 bits per heavy atom. The van der Waals surface area contributed by atoms with Crippen molar-refractivity contribution in [3.63, 3.8) is 0 Å². The average molecular weight is 402 g/mol. The van der Waals surface area contributed by atoms with Crippen molar-refractivity contribution >= 4 is 17.9 Å². The molecule has 1 rings (SSSR count). The molecule has 0 aromatic carbocycles. The quantitative estimate of drug-likeness (QED) is 0.304. The fourth-order valence-corrected chi connectivity index (χ4v) is 2.75. The lowest BCUT2D eigenvalue weighted by molar-refractivity contribution is -0.149. The van der Waals surface area contributed by atoms with Gasteiger partial charge in [-0.3, -0.25) is 19.3 Å². The summed E-state index contributed by atoms with van der Waals surface area (Å²) in [5.41, 5.74) is 0. The summed E-state index contributed by atoms with van der Waals surface area (Å²) in [6.07, 6.45) is 4.43. The smallest absolute Gasteiger partial charge is 0.307 e. The Hall–Kier alpha value is -1.67. The second-order valence-electron chi connectivity index (χ2n) is 6.85. The summed E-state index contributed by atoms with van der Waals surface area (Å²) in [5.74, 6) is -0.743. The summed E-state index contributed by atoms with van der Waals surface area (Å²) in [6, 6.07) is 0. The van der Waals surface area contributed by atoms with E-state index >= 15 is 0 Å². The molecule has 1 unspecified atom stereocenters. The highest BCUT2D eigenvalue weighted by molar-refractivity contribution is 5.70. The monoisotopic (exact) mass is 401 g/mol. The van der Waals surface area contributed by atoms with Crippen LogP contribution in [0.15, 0.2) is 0 Å². The summed E-state index contributed by atoms with van der Waals surface area (Å²) in [5, 5.41) is 0. The van der Waals surface area contributed by atoms with E-state index in [1.807, 2.05) is 18.7 Å². The maximum Gasteiger partial charge on any atom is 0.307 e. The molecule has 28 heavy (non-hydrogen) atoms. The molecule has 0 aromatic rings. The number of nitrogens with zero attached hydrogens (tertiary/aromatic N) is 1. The SMILES string of the molecule is CCCC(=O)OCCN(CCOC(=O)CCC)CCC(=O)OCC1CCCO1. The van der Waals surface area contributed by atoms with Gasteiger partial charge >= 0.3 is 17.9 Å². The van der Waals surface area contributed by atoms with E-state index in [4.69, 9.17) is 18.9 Å². The number of esters is 3. The van der Waals surface area contributed by atoms with Gasteiger partial charge in [-0.25, -0.2) is 0 Å². The van der Waals surface area contributed by atoms with Crippen molar-refractivity contribution in [2.75, 3.05) is 46.1 Å². The first-order valence-corrected chi connectivity index (χ1v) is 10.4. The molecule has 0 aromatic heterocycles. The molecule has 1 saturated heterocycles. The van der Waals surface area contributed by atoms with Crippen molar-refractivity contribution in [1.29, 1.82) is 0 Å². The Morgan fingerprint density at radius 2 is 1.43 bits per heavy atom. The Labute approximate surface area is 167 Å². The summed E-state index contributed by atoms with van der Waals surface area (Å²) >= 11 is 0. The van der Waals surface area contributed by atoms with E-state index in [9.17, 15) is 14.4 Å². The summed E-state index contributed by atoms with van der Waals surface area (Å²) in [4.78, 5) is 36.9. The second-order valence-corrected chi connectivity index (χ2v) is 6.85. The first kappa shape index (κ1) is 24.4. The van der Waals surface area contributed by atoms with Gasteiger partial charge in [0.05, 0.1) is 12.5 Å². The Kier molecular flexibility index (Phi) is 13.3. The highest BCUT2D eigenvalue weighted by Crippen LogP contribution is 2.12. The van der Waals surface area contributed by atoms with Gasteiger partial charge in [-0.15, -0.1) is 0 Å². The van der Waals surface area contributed by atoms with Gasteiger partial charge < -0.3 is 18.9 Å². The van der Waals surface area contributed by atoms with Crippen LogP contribution in [0.1, 0.15) is 58.8 Å². The number of hydrogen-bond acceptors (Lipinski definition) is 8. The topological polar surface area (TPSA) is 91.4 Å². The molecule has 8 heteroatoms. The van der Waals surface area contributed by atoms with Gasteiger partial charge in [0, 0.05) is 39.1 Å². The molecular weight excluding hydrogens is 366 g/mol. The van der Waals surface area contributed by atoms with Crippen molar-refractivity contribution in [3.8, 4) is 0 Å².